The van der Waals surface area contributed by atoms with E-state index < -0.39 is 11.2 Å². The van der Waals surface area contributed by atoms with Crippen molar-refractivity contribution in [3.63, 3.8) is 0 Å². The van der Waals surface area contributed by atoms with Crippen molar-refractivity contribution in [2.24, 2.45) is 0 Å². The van der Waals surface area contributed by atoms with E-state index in [1.807, 2.05) is 37.4 Å². The Hall–Kier alpha value is -1.98. The van der Waals surface area contributed by atoms with Gasteiger partial charge in [-0.3, -0.25) is 4.79 Å². The third-order valence-corrected chi connectivity index (χ3v) is 5.47. The Morgan fingerprint density at radius 1 is 1.12 bits per heavy atom. The summed E-state index contributed by atoms with van der Waals surface area (Å²) in [5.74, 6) is -0.229. The predicted octanol–water partition coefficient (Wildman–Crippen LogP) is 4.85. The number of nitrogens with zero attached hydrogens (tertiary/aromatic N) is 1. The average Bonchev–Trinajstić information content (AvgIpc) is 2.93. The predicted molar refractivity (Wildman–Crippen MR) is 101 cm³/mol. The zero-order valence-electron chi connectivity index (χ0n) is 15.4. The van der Waals surface area contributed by atoms with E-state index in [-0.39, 0.29) is 11.5 Å². The maximum Gasteiger partial charge on any atom is 0.198 e. The van der Waals surface area contributed by atoms with Gasteiger partial charge in [-0.25, -0.2) is 4.98 Å². The largest absolute Gasteiger partial charge is 0.508 e. The van der Waals surface area contributed by atoms with Gasteiger partial charge in [0, 0.05) is 16.6 Å². The van der Waals surface area contributed by atoms with Crippen LogP contribution in [-0.4, -0.2) is 27.1 Å². The fraction of sp³-hybridized carbons (Fsp3) is 0.400. The number of carbonyl (C=O) groups excluding carboxylic acids is 1. The second-order valence-electron chi connectivity index (χ2n) is 7.50. The summed E-state index contributed by atoms with van der Waals surface area (Å²) >= 11 is 1.57. The lowest BCUT2D eigenvalue weighted by Crippen LogP contribution is -2.49. The number of hydrogen-bond acceptors (Lipinski definition) is 5. The van der Waals surface area contributed by atoms with Crippen molar-refractivity contribution >= 4 is 22.7 Å². The molecule has 0 saturated heterocycles. The maximum atomic E-state index is 13.0. The number of ether oxygens (including phenoxy) is 1. The molecule has 2 aromatic rings. The topological polar surface area (TPSA) is 59.4 Å². The van der Waals surface area contributed by atoms with Gasteiger partial charge in [0.15, 0.2) is 5.78 Å². The van der Waals surface area contributed by atoms with E-state index in [2.05, 4.69) is 4.98 Å². The van der Waals surface area contributed by atoms with Crippen LogP contribution in [0.1, 0.15) is 44.5 Å². The summed E-state index contributed by atoms with van der Waals surface area (Å²) in [7, 11) is 0. The molecule has 0 fully saturated rings. The van der Waals surface area contributed by atoms with Crippen molar-refractivity contribution in [2.75, 3.05) is 0 Å². The number of carbonyl (C=O) groups is 1. The van der Waals surface area contributed by atoms with Crippen molar-refractivity contribution in [1.29, 1.82) is 0 Å². The SMILES string of the molecule is Cc1csc(-c2ccc(C)c(C3=C(O)C(C)(C)OC(C)(C)C3=O)c2)n1. The van der Waals surface area contributed by atoms with E-state index in [0.717, 1.165) is 27.4 Å². The molecule has 1 aliphatic heterocycles. The molecule has 5 heteroatoms. The molecule has 1 N–H and O–H groups in total. The molecule has 0 bridgehead atoms. The van der Waals surface area contributed by atoms with E-state index in [9.17, 15) is 9.90 Å². The average molecular weight is 357 g/mol. The van der Waals surface area contributed by atoms with Crippen molar-refractivity contribution in [3.8, 4) is 10.6 Å². The van der Waals surface area contributed by atoms with Gasteiger partial charge in [-0.1, -0.05) is 12.1 Å². The van der Waals surface area contributed by atoms with Gasteiger partial charge in [0.25, 0.3) is 0 Å². The minimum atomic E-state index is -0.995. The van der Waals surface area contributed by atoms with Gasteiger partial charge in [-0.15, -0.1) is 11.3 Å². The lowest BCUT2D eigenvalue weighted by atomic mass is 9.81. The van der Waals surface area contributed by atoms with Gasteiger partial charge < -0.3 is 9.84 Å². The summed E-state index contributed by atoms with van der Waals surface area (Å²) in [6.45, 7) is 10.9. The number of thiazole rings is 1. The number of ketones is 1. The van der Waals surface area contributed by atoms with E-state index in [4.69, 9.17) is 4.74 Å². The Kier molecular flexibility index (Phi) is 4.12. The molecule has 0 unspecified atom stereocenters. The summed E-state index contributed by atoms with van der Waals surface area (Å²) in [5, 5.41) is 13.7. The van der Waals surface area contributed by atoms with Gasteiger partial charge in [0.2, 0.25) is 0 Å². The molecule has 0 amide bonds. The Balaban J connectivity index is 2.22. The molecule has 0 aliphatic carbocycles. The van der Waals surface area contributed by atoms with Crippen LogP contribution in [-0.2, 0) is 9.53 Å². The summed E-state index contributed by atoms with van der Waals surface area (Å²) in [4.78, 5) is 17.5. The Bertz CT molecular complexity index is 890. The molecule has 4 nitrogen and oxygen atoms in total. The number of aliphatic hydroxyl groups excluding tert-OH is 1. The summed E-state index contributed by atoms with van der Waals surface area (Å²) in [5.41, 5.74) is 1.99. The van der Waals surface area contributed by atoms with E-state index >= 15 is 0 Å². The molecule has 3 rings (SSSR count). The van der Waals surface area contributed by atoms with E-state index in [1.165, 1.54) is 0 Å². The third-order valence-electron chi connectivity index (χ3n) is 4.46. The van der Waals surface area contributed by atoms with E-state index in [0.29, 0.717) is 5.57 Å². The molecule has 0 spiro atoms. The smallest absolute Gasteiger partial charge is 0.198 e. The minimum Gasteiger partial charge on any atom is -0.508 e. The second kappa shape index (κ2) is 5.78. The first-order valence-corrected chi connectivity index (χ1v) is 9.13. The molecule has 0 saturated carbocycles. The third kappa shape index (κ3) is 3.02. The van der Waals surface area contributed by atoms with Crippen molar-refractivity contribution in [3.05, 3.63) is 46.2 Å². The molecule has 1 aliphatic rings. The van der Waals surface area contributed by atoms with Crippen LogP contribution in [0.25, 0.3) is 16.1 Å². The Labute approximate surface area is 152 Å². The maximum absolute atomic E-state index is 13.0. The molecule has 1 aromatic heterocycles. The number of aryl methyl sites for hydroxylation is 2. The number of hydrogen-bond donors (Lipinski definition) is 1. The van der Waals surface area contributed by atoms with Gasteiger partial charge >= 0.3 is 0 Å². The van der Waals surface area contributed by atoms with Gasteiger partial charge in [0.1, 0.15) is 22.0 Å². The normalized spacial score (nSPS) is 19.4. The second-order valence-corrected chi connectivity index (χ2v) is 8.36. The molecule has 132 valence electrons. The van der Waals surface area contributed by atoms with Crippen molar-refractivity contribution in [1.82, 2.24) is 4.98 Å². The highest BCUT2D eigenvalue weighted by atomic mass is 32.1. The lowest BCUT2D eigenvalue weighted by Gasteiger charge is -2.40. The zero-order valence-corrected chi connectivity index (χ0v) is 16.2. The van der Waals surface area contributed by atoms with Crippen molar-refractivity contribution < 1.29 is 14.6 Å². The Morgan fingerprint density at radius 2 is 1.80 bits per heavy atom. The molecule has 25 heavy (non-hydrogen) atoms. The highest BCUT2D eigenvalue weighted by Gasteiger charge is 2.47. The van der Waals surface area contributed by atoms with Crippen LogP contribution in [0.3, 0.4) is 0 Å². The number of benzene rings is 1. The molecular weight excluding hydrogens is 334 g/mol. The molecule has 2 heterocycles. The first kappa shape index (κ1) is 17.8. The lowest BCUT2D eigenvalue weighted by molar-refractivity contribution is -0.158. The molecule has 0 radical (unpaired) electrons. The van der Waals surface area contributed by atoms with Gasteiger partial charge in [0.05, 0.1) is 5.57 Å². The fourth-order valence-electron chi connectivity index (χ4n) is 3.20. The van der Waals surface area contributed by atoms with Crippen LogP contribution < -0.4 is 0 Å². The summed E-state index contributed by atoms with van der Waals surface area (Å²) < 4.78 is 5.83. The van der Waals surface area contributed by atoms with Crippen LogP contribution in [0.15, 0.2) is 29.3 Å². The van der Waals surface area contributed by atoms with Crippen LogP contribution in [0.4, 0.5) is 0 Å². The molecule has 1 aromatic carbocycles. The van der Waals surface area contributed by atoms with Gasteiger partial charge in [-0.05, 0) is 58.7 Å². The first-order valence-electron chi connectivity index (χ1n) is 8.25. The number of Topliss-reactive ketones (excluding diaryl/α,β-unsaturated/α-hetero) is 1. The first-order chi connectivity index (χ1) is 11.5. The highest BCUT2D eigenvalue weighted by molar-refractivity contribution is 7.13. The summed E-state index contributed by atoms with van der Waals surface area (Å²) in [6, 6.07) is 5.90. The fourth-order valence-corrected chi connectivity index (χ4v) is 4.00. The highest BCUT2D eigenvalue weighted by Crippen LogP contribution is 2.41. The monoisotopic (exact) mass is 357 g/mol. The molecule has 0 atom stereocenters. The van der Waals surface area contributed by atoms with Crippen LogP contribution in [0.2, 0.25) is 0 Å². The molecular formula is C20H23NO3S. The van der Waals surface area contributed by atoms with Crippen LogP contribution >= 0.6 is 11.3 Å². The standard InChI is InChI=1S/C20H23NO3S/c1-11-7-8-13(18-21-12(2)10-25-18)9-14(11)15-16(22)19(3,4)24-20(5,6)17(15)23/h7-10,22H,1-6H3. The number of aromatic nitrogens is 1. The van der Waals surface area contributed by atoms with Crippen molar-refractivity contribution in [2.45, 2.75) is 52.7 Å². The summed E-state index contributed by atoms with van der Waals surface area (Å²) in [6.07, 6.45) is 0. The number of rotatable bonds is 2. The van der Waals surface area contributed by atoms with Crippen LogP contribution in [0, 0.1) is 13.8 Å². The van der Waals surface area contributed by atoms with E-state index in [1.54, 1.807) is 39.0 Å². The zero-order chi connectivity index (χ0) is 18.6. The quantitative estimate of drug-likeness (QED) is 0.834. The Morgan fingerprint density at radius 3 is 2.40 bits per heavy atom. The minimum absolute atomic E-state index is 0.0209. The van der Waals surface area contributed by atoms with Gasteiger partial charge in [-0.2, -0.15) is 0 Å². The van der Waals surface area contributed by atoms with Crippen LogP contribution in [0.5, 0.6) is 0 Å². The number of aliphatic hydroxyl groups is 1.